The summed E-state index contributed by atoms with van der Waals surface area (Å²) in [6.07, 6.45) is 5.17. The highest BCUT2D eigenvalue weighted by Crippen LogP contribution is 2.22. The van der Waals surface area contributed by atoms with Crippen LogP contribution in [0.3, 0.4) is 0 Å². The molecule has 0 aromatic heterocycles. The van der Waals surface area contributed by atoms with Gasteiger partial charge in [-0.15, -0.1) is 0 Å². The molecule has 2 amide bonds. The molecule has 0 aromatic rings. The van der Waals surface area contributed by atoms with Gasteiger partial charge in [0.05, 0.1) is 5.92 Å². The standard InChI is InChI=1S/C15H30N2O3/c1-5-7-8-9-15(3,4)11-17-14(20)16-10-12(6-2)13(18)19/h12H,5-11H2,1-4H3,(H,18,19)(H2,16,17,20). The van der Waals surface area contributed by atoms with E-state index in [1.807, 2.05) is 0 Å². The number of carbonyl (C=O) groups is 2. The van der Waals surface area contributed by atoms with Gasteiger partial charge >= 0.3 is 12.0 Å². The Morgan fingerprint density at radius 3 is 2.30 bits per heavy atom. The molecule has 0 aliphatic carbocycles. The van der Waals surface area contributed by atoms with Gasteiger partial charge in [-0.3, -0.25) is 4.79 Å². The van der Waals surface area contributed by atoms with Crippen molar-refractivity contribution >= 4 is 12.0 Å². The first-order valence-corrected chi connectivity index (χ1v) is 7.57. The van der Waals surface area contributed by atoms with Crippen molar-refractivity contribution in [3.05, 3.63) is 0 Å². The van der Waals surface area contributed by atoms with Crippen LogP contribution in [0.25, 0.3) is 0 Å². The second-order valence-electron chi connectivity index (χ2n) is 6.13. The van der Waals surface area contributed by atoms with Gasteiger partial charge in [0.2, 0.25) is 0 Å². The van der Waals surface area contributed by atoms with Crippen molar-refractivity contribution in [3.8, 4) is 0 Å². The van der Waals surface area contributed by atoms with Crippen molar-refractivity contribution in [1.82, 2.24) is 10.6 Å². The van der Waals surface area contributed by atoms with E-state index in [0.717, 1.165) is 6.42 Å². The molecular formula is C15H30N2O3. The molecule has 0 aromatic carbocycles. The quantitative estimate of drug-likeness (QED) is 0.540. The highest BCUT2D eigenvalue weighted by Gasteiger charge is 2.19. The third kappa shape index (κ3) is 8.77. The number of aliphatic carboxylic acids is 1. The lowest BCUT2D eigenvalue weighted by Gasteiger charge is -2.25. The number of nitrogens with one attached hydrogen (secondary N) is 2. The van der Waals surface area contributed by atoms with Gasteiger partial charge in [-0.05, 0) is 18.3 Å². The third-order valence-corrected chi connectivity index (χ3v) is 3.54. The fourth-order valence-electron chi connectivity index (χ4n) is 1.95. The normalized spacial score (nSPS) is 12.8. The lowest BCUT2D eigenvalue weighted by Crippen LogP contribution is -2.43. The van der Waals surface area contributed by atoms with E-state index in [4.69, 9.17) is 5.11 Å². The Morgan fingerprint density at radius 1 is 1.15 bits per heavy atom. The molecule has 1 atom stereocenters. The summed E-state index contributed by atoms with van der Waals surface area (Å²) >= 11 is 0. The first-order valence-electron chi connectivity index (χ1n) is 7.57. The lowest BCUT2D eigenvalue weighted by atomic mass is 9.87. The van der Waals surface area contributed by atoms with Crippen LogP contribution >= 0.6 is 0 Å². The van der Waals surface area contributed by atoms with Gasteiger partial charge in [-0.1, -0.05) is 47.0 Å². The van der Waals surface area contributed by atoms with Crippen molar-refractivity contribution in [2.75, 3.05) is 13.1 Å². The topological polar surface area (TPSA) is 78.4 Å². The fourth-order valence-corrected chi connectivity index (χ4v) is 1.95. The first kappa shape index (κ1) is 18.7. The van der Waals surface area contributed by atoms with E-state index >= 15 is 0 Å². The average molecular weight is 286 g/mol. The van der Waals surface area contributed by atoms with Crippen LogP contribution in [0.4, 0.5) is 4.79 Å². The number of unbranched alkanes of at least 4 members (excludes halogenated alkanes) is 2. The molecule has 5 nitrogen and oxygen atoms in total. The van der Waals surface area contributed by atoms with Gasteiger partial charge in [-0.25, -0.2) is 4.79 Å². The van der Waals surface area contributed by atoms with E-state index < -0.39 is 11.9 Å². The van der Waals surface area contributed by atoms with E-state index in [-0.39, 0.29) is 18.0 Å². The van der Waals surface area contributed by atoms with Crippen LogP contribution in [0.15, 0.2) is 0 Å². The molecule has 118 valence electrons. The van der Waals surface area contributed by atoms with Gasteiger partial charge in [0.25, 0.3) is 0 Å². The third-order valence-electron chi connectivity index (χ3n) is 3.54. The minimum absolute atomic E-state index is 0.0729. The number of rotatable bonds is 10. The highest BCUT2D eigenvalue weighted by molar-refractivity contribution is 5.75. The summed E-state index contributed by atoms with van der Waals surface area (Å²) in [5, 5.41) is 14.3. The number of amides is 2. The van der Waals surface area contributed by atoms with E-state index in [1.165, 1.54) is 19.3 Å². The summed E-state index contributed by atoms with van der Waals surface area (Å²) in [6.45, 7) is 9.02. The Labute approximate surface area is 122 Å². The van der Waals surface area contributed by atoms with Gasteiger partial charge in [-0.2, -0.15) is 0 Å². The second-order valence-corrected chi connectivity index (χ2v) is 6.13. The minimum Gasteiger partial charge on any atom is -0.481 e. The number of carbonyl (C=O) groups excluding carboxylic acids is 1. The van der Waals surface area contributed by atoms with Crippen LogP contribution in [-0.2, 0) is 4.79 Å². The molecule has 0 bridgehead atoms. The van der Waals surface area contributed by atoms with Crippen molar-refractivity contribution in [1.29, 1.82) is 0 Å². The van der Waals surface area contributed by atoms with Gasteiger partial charge in [0.1, 0.15) is 0 Å². The van der Waals surface area contributed by atoms with E-state index in [2.05, 4.69) is 31.4 Å². The molecule has 0 heterocycles. The Hall–Kier alpha value is -1.26. The van der Waals surface area contributed by atoms with Crippen LogP contribution in [-0.4, -0.2) is 30.2 Å². The Balaban J connectivity index is 3.94. The minimum atomic E-state index is -0.868. The molecule has 0 aliphatic heterocycles. The number of carboxylic acids is 1. The van der Waals surface area contributed by atoms with Crippen molar-refractivity contribution in [2.45, 2.75) is 59.8 Å². The molecule has 0 rings (SSSR count). The van der Waals surface area contributed by atoms with Crippen LogP contribution in [0.5, 0.6) is 0 Å². The molecule has 0 fully saturated rings. The predicted octanol–water partition coefficient (Wildman–Crippen LogP) is 3.00. The number of carboxylic acid groups (broad SMARTS) is 1. The molecule has 5 heteroatoms. The zero-order valence-corrected chi connectivity index (χ0v) is 13.3. The number of urea groups is 1. The first-order chi connectivity index (χ1) is 9.32. The Kier molecular flexibility index (Phi) is 9.01. The number of hydrogen-bond acceptors (Lipinski definition) is 2. The van der Waals surface area contributed by atoms with E-state index in [1.54, 1.807) is 6.92 Å². The summed E-state index contributed by atoms with van der Waals surface area (Å²) in [7, 11) is 0. The maximum atomic E-state index is 11.6. The average Bonchev–Trinajstić information content (AvgIpc) is 2.37. The fraction of sp³-hybridized carbons (Fsp3) is 0.867. The molecule has 0 saturated heterocycles. The smallest absolute Gasteiger partial charge is 0.314 e. The summed E-state index contributed by atoms with van der Waals surface area (Å²) in [5.74, 6) is -1.38. The second kappa shape index (κ2) is 9.61. The Morgan fingerprint density at radius 2 is 1.80 bits per heavy atom. The summed E-state index contributed by atoms with van der Waals surface area (Å²) < 4.78 is 0. The maximum absolute atomic E-state index is 11.6. The molecule has 20 heavy (non-hydrogen) atoms. The molecule has 0 spiro atoms. The van der Waals surface area contributed by atoms with Gasteiger partial charge < -0.3 is 15.7 Å². The van der Waals surface area contributed by atoms with Crippen LogP contribution in [0.1, 0.15) is 59.8 Å². The zero-order valence-electron chi connectivity index (χ0n) is 13.3. The van der Waals surface area contributed by atoms with Crippen LogP contribution < -0.4 is 10.6 Å². The van der Waals surface area contributed by atoms with Gasteiger partial charge in [0.15, 0.2) is 0 Å². The van der Waals surface area contributed by atoms with Crippen molar-refractivity contribution in [2.24, 2.45) is 11.3 Å². The highest BCUT2D eigenvalue weighted by atomic mass is 16.4. The molecule has 1 unspecified atom stereocenters. The zero-order chi connectivity index (χ0) is 15.6. The molecule has 0 aliphatic rings. The lowest BCUT2D eigenvalue weighted by molar-refractivity contribution is -0.141. The van der Waals surface area contributed by atoms with E-state index in [0.29, 0.717) is 13.0 Å². The van der Waals surface area contributed by atoms with Crippen molar-refractivity contribution in [3.63, 3.8) is 0 Å². The molecule has 0 saturated carbocycles. The van der Waals surface area contributed by atoms with Crippen molar-refractivity contribution < 1.29 is 14.7 Å². The van der Waals surface area contributed by atoms with Crippen LogP contribution in [0, 0.1) is 11.3 Å². The molecular weight excluding hydrogens is 256 g/mol. The largest absolute Gasteiger partial charge is 0.481 e. The molecule has 0 radical (unpaired) electrons. The summed E-state index contributed by atoms with van der Waals surface area (Å²) in [6, 6.07) is -0.284. The van der Waals surface area contributed by atoms with Crippen LogP contribution in [0.2, 0.25) is 0 Å². The predicted molar refractivity (Wildman–Crippen MR) is 80.7 cm³/mol. The Bertz CT molecular complexity index is 303. The monoisotopic (exact) mass is 286 g/mol. The molecule has 3 N–H and O–H groups in total. The van der Waals surface area contributed by atoms with E-state index in [9.17, 15) is 9.59 Å². The SMILES string of the molecule is CCCCCC(C)(C)CNC(=O)NCC(CC)C(=O)O. The van der Waals surface area contributed by atoms with Gasteiger partial charge in [0, 0.05) is 13.1 Å². The maximum Gasteiger partial charge on any atom is 0.314 e. The summed E-state index contributed by atoms with van der Waals surface area (Å²) in [4.78, 5) is 22.5. The number of hydrogen-bond donors (Lipinski definition) is 3. The summed E-state index contributed by atoms with van der Waals surface area (Å²) in [5.41, 5.74) is 0.0729.